The zero-order valence-corrected chi connectivity index (χ0v) is 16.8. The van der Waals surface area contributed by atoms with Gasteiger partial charge in [-0.25, -0.2) is 14.8 Å². The number of benzene rings is 1. The number of imidazole rings is 1. The summed E-state index contributed by atoms with van der Waals surface area (Å²) in [5.41, 5.74) is 1.02. The Hall–Kier alpha value is -2.98. The normalized spacial score (nSPS) is 11.4. The molecule has 0 saturated carbocycles. The number of aryl methyl sites for hydroxylation is 2. The van der Waals surface area contributed by atoms with E-state index in [1.165, 1.54) is 40.9 Å². The Kier molecular flexibility index (Phi) is 4.31. The fourth-order valence-corrected chi connectivity index (χ4v) is 4.08. The van der Waals surface area contributed by atoms with Crippen molar-refractivity contribution in [1.82, 2.24) is 23.7 Å². The Morgan fingerprint density at radius 1 is 1.25 bits per heavy atom. The summed E-state index contributed by atoms with van der Waals surface area (Å²) in [4.78, 5) is 45.5. The maximum atomic E-state index is 12.5. The lowest BCUT2D eigenvalue weighted by Crippen LogP contribution is -2.37. The van der Waals surface area contributed by atoms with Gasteiger partial charge >= 0.3 is 5.69 Å². The fourth-order valence-electron chi connectivity index (χ4n) is 2.98. The van der Waals surface area contributed by atoms with Crippen molar-refractivity contribution in [2.75, 3.05) is 5.32 Å². The van der Waals surface area contributed by atoms with Crippen LogP contribution < -0.4 is 16.6 Å². The molecule has 0 atom stereocenters. The minimum atomic E-state index is -0.506. The number of nitrogens with zero attached hydrogens (tertiary/aromatic N) is 5. The molecular weight excluding hydrogens is 404 g/mol. The molecule has 1 amide bonds. The minimum absolute atomic E-state index is 0.139. The molecule has 0 saturated heterocycles. The van der Waals surface area contributed by atoms with Crippen molar-refractivity contribution in [2.24, 2.45) is 14.1 Å². The predicted molar refractivity (Wildman–Crippen MR) is 108 cm³/mol. The molecule has 1 aromatic carbocycles. The number of thiazole rings is 1. The number of aromatic nitrogens is 5. The molecule has 0 aliphatic rings. The van der Waals surface area contributed by atoms with Gasteiger partial charge in [0.25, 0.3) is 5.56 Å². The lowest BCUT2D eigenvalue weighted by atomic mass is 10.2. The largest absolute Gasteiger partial charge is 0.332 e. The van der Waals surface area contributed by atoms with Crippen LogP contribution in [-0.4, -0.2) is 29.6 Å². The molecule has 0 spiro atoms. The van der Waals surface area contributed by atoms with Crippen LogP contribution in [0.5, 0.6) is 0 Å². The molecule has 9 nitrogen and oxygen atoms in total. The number of carbonyl (C=O) groups is 1. The van der Waals surface area contributed by atoms with E-state index in [0.717, 1.165) is 20.3 Å². The fraction of sp³-hybridized carbons (Fsp3) is 0.235. The third kappa shape index (κ3) is 2.81. The molecule has 0 unspecified atom stereocenters. The van der Waals surface area contributed by atoms with Gasteiger partial charge in [0.2, 0.25) is 5.91 Å². The number of hydrogen-bond acceptors (Lipinski definition) is 6. The first kappa shape index (κ1) is 18.4. The van der Waals surface area contributed by atoms with Gasteiger partial charge in [-0.05, 0) is 24.6 Å². The molecule has 0 fully saturated rings. The summed E-state index contributed by atoms with van der Waals surface area (Å²) < 4.78 is 4.58. The molecule has 0 aliphatic carbocycles. The van der Waals surface area contributed by atoms with Crippen LogP contribution in [0.3, 0.4) is 0 Å². The van der Waals surface area contributed by atoms with E-state index in [4.69, 9.17) is 11.6 Å². The van der Waals surface area contributed by atoms with Crippen LogP contribution in [0.15, 0.2) is 28.0 Å². The molecule has 144 valence electrons. The summed E-state index contributed by atoms with van der Waals surface area (Å²) in [6.45, 7) is 1.73. The Bertz CT molecular complexity index is 1380. The zero-order chi connectivity index (χ0) is 20.2. The minimum Gasteiger partial charge on any atom is -0.315 e. The summed E-state index contributed by atoms with van der Waals surface area (Å²) in [5.74, 6) is -0.363. The molecule has 4 aromatic rings. The number of fused-ring (bicyclic) bond motifs is 2. The van der Waals surface area contributed by atoms with Gasteiger partial charge in [-0.2, -0.15) is 0 Å². The van der Waals surface area contributed by atoms with Gasteiger partial charge in [-0.3, -0.25) is 18.7 Å². The van der Waals surface area contributed by atoms with Gasteiger partial charge in [0, 0.05) is 19.1 Å². The highest BCUT2D eigenvalue weighted by molar-refractivity contribution is 7.22. The molecular formula is C17H15ClN6O3S. The van der Waals surface area contributed by atoms with Crippen molar-refractivity contribution in [3.63, 3.8) is 0 Å². The predicted octanol–water partition coefficient (Wildman–Crippen LogP) is 1.64. The number of carbonyl (C=O) groups excluding carboxylic acids is 1. The van der Waals surface area contributed by atoms with Gasteiger partial charge in [0.05, 0.1) is 16.5 Å². The number of rotatable bonds is 3. The number of halogens is 1. The standard InChI is InChI=1S/C17H15ClN6O3S/c1-8-9(18)4-5-10-12(8)21-16(28-10)20-11(25)6-24-7-19-14-13(24)15(26)23(3)17(27)22(14)2/h4-5,7H,6H2,1-3H3,(H,20,21,25). The van der Waals surface area contributed by atoms with Gasteiger partial charge in [0.1, 0.15) is 6.54 Å². The maximum Gasteiger partial charge on any atom is 0.332 e. The third-order valence-corrected chi connectivity index (χ3v) is 5.87. The van der Waals surface area contributed by atoms with Crippen LogP contribution in [0.2, 0.25) is 5.02 Å². The first-order chi connectivity index (χ1) is 13.3. The molecule has 3 aromatic heterocycles. The third-order valence-electron chi connectivity index (χ3n) is 4.53. The topological polar surface area (TPSA) is 104 Å². The van der Waals surface area contributed by atoms with Crippen LogP contribution >= 0.6 is 22.9 Å². The summed E-state index contributed by atoms with van der Waals surface area (Å²) in [6.07, 6.45) is 1.37. The molecule has 28 heavy (non-hydrogen) atoms. The van der Waals surface area contributed by atoms with Crippen molar-refractivity contribution in [3.05, 3.63) is 49.9 Å². The van der Waals surface area contributed by atoms with E-state index in [-0.39, 0.29) is 23.6 Å². The average molecular weight is 419 g/mol. The van der Waals surface area contributed by atoms with Gasteiger partial charge < -0.3 is 9.88 Å². The Morgan fingerprint density at radius 2 is 2.00 bits per heavy atom. The highest BCUT2D eigenvalue weighted by Gasteiger charge is 2.17. The second-order valence-electron chi connectivity index (χ2n) is 6.34. The number of nitrogens with one attached hydrogen (secondary N) is 1. The lowest BCUT2D eigenvalue weighted by Gasteiger charge is -2.06. The highest BCUT2D eigenvalue weighted by atomic mass is 35.5. The molecule has 0 aliphatic heterocycles. The zero-order valence-electron chi connectivity index (χ0n) is 15.2. The molecule has 3 heterocycles. The Labute approximate surface area is 166 Å². The van der Waals surface area contributed by atoms with Crippen LogP contribution in [0.1, 0.15) is 5.56 Å². The SMILES string of the molecule is Cc1c(Cl)ccc2sc(NC(=O)Cn3cnc4c3c(=O)n(C)c(=O)n4C)nc12. The van der Waals surface area contributed by atoms with E-state index < -0.39 is 11.2 Å². The second kappa shape index (κ2) is 6.57. The van der Waals surface area contributed by atoms with Crippen molar-refractivity contribution < 1.29 is 4.79 Å². The number of amides is 1. The molecule has 1 N–H and O–H groups in total. The van der Waals surface area contributed by atoms with Crippen LogP contribution in [0.25, 0.3) is 21.4 Å². The first-order valence-corrected chi connectivity index (χ1v) is 9.43. The van der Waals surface area contributed by atoms with Crippen molar-refractivity contribution in [1.29, 1.82) is 0 Å². The smallest absolute Gasteiger partial charge is 0.315 e. The Balaban J connectivity index is 1.65. The van der Waals surface area contributed by atoms with E-state index in [0.29, 0.717) is 10.2 Å². The monoisotopic (exact) mass is 418 g/mol. The number of anilines is 1. The van der Waals surface area contributed by atoms with Crippen LogP contribution in [0.4, 0.5) is 5.13 Å². The molecule has 0 bridgehead atoms. The van der Waals surface area contributed by atoms with Crippen molar-refractivity contribution in [2.45, 2.75) is 13.5 Å². The number of hydrogen-bond donors (Lipinski definition) is 1. The van der Waals surface area contributed by atoms with Gasteiger partial charge in [-0.15, -0.1) is 0 Å². The molecule has 4 rings (SSSR count). The second-order valence-corrected chi connectivity index (χ2v) is 7.77. The molecule has 11 heteroatoms. The highest BCUT2D eigenvalue weighted by Crippen LogP contribution is 2.31. The van der Waals surface area contributed by atoms with Crippen molar-refractivity contribution in [3.8, 4) is 0 Å². The van der Waals surface area contributed by atoms with E-state index in [9.17, 15) is 14.4 Å². The maximum absolute atomic E-state index is 12.5. The van der Waals surface area contributed by atoms with E-state index in [1.54, 1.807) is 6.07 Å². The van der Waals surface area contributed by atoms with E-state index >= 15 is 0 Å². The van der Waals surface area contributed by atoms with Crippen molar-refractivity contribution >= 4 is 55.4 Å². The quantitative estimate of drug-likeness (QED) is 0.544. The van der Waals surface area contributed by atoms with E-state index in [2.05, 4.69) is 15.3 Å². The van der Waals surface area contributed by atoms with Crippen LogP contribution in [0, 0.1) is 6.92 Å². The van der Waals surface area contributed by atoms with Gasteiger partial charge in [-0.1, -0.05) is 22.9 Å². The average Bonchev–Trinajstić information content (AvgIpc) is 3.25. The first-order valence-electron chi connectivity index (χ1n) is 8.24. The summed E-state index contributed by atoms with van der Waals surface area (Å²) in [7, 11) is 2.91. The lowest BCUT2D eigenvalue weighted by molar-refractivity contribution is -0.116. The van der Waals surface area contributed by atoms with E-state index in [1.807, 2.05) is 13.0 Å². The van der Waals surface area contributed by atoms with Gasteiger partial charge in [0.15, 0.2) is 16.3 Å². The summed E-state index contributed by atoms with van der Waals surface area (Å²) in [5, 5.41) is 3.79. The summed E-state index contributed by atoms with van der Waals surface area (Å²) >= 11 is 7.45. The summed E-state index contributed by atoms with van der Waals surface area (Å²) in [6, 6.07) is 3.65. The Morgan fingerprint density at radius 3 is 2.75 bits per heavy atom. The van der Waals surface area contributed by atoms with Crippen LogP contribution in [-0.2, 0) is 25.4 Å². The molecule has 0 radical (unpaired) electrons.